The van der Waals surface area contributed by atoms with E-state index in [0.717, 1.165) is 20.3 Å². The van der Waals surface area contributed by atoms with Gasteiger partial charge in [0.05, 0.1) is 24.9 Å². The molecule has 4 amide bonds. The highest BCUT2D eigenvalue weighted by Crippen LogP contribution is 2.38. The Balaban J connectivity index is 0.000000191. The van der Waals surface area contributed by atoms with E-state index in [2.05, 4.69) is 63.1 Å². The van der Waals surface area contributed by atoms with Crippen LogP contribution in [0, 0.1) is 6.92 Å². The largest absolute Gasteiger partial charge is 0.505 e. The summed E-state index contributed by atoms with van der Waals surface area (Å²) in [4.78, 5) is 31.3. The van der Waals surface area contributed by atoms with Crippen LogP contribution in [-0.4, -0.2) is 40.2 Å². The molecule has 2 aromatic heterocycles. The van der Waals surface area contributed by atoms with E-state index in [1.54, 1.807) is 12.1 Å². The summed E-state index contributed by atoms with van der Waals surface area (Å²) in [6.45, 7) is 6.88. The van der Waals surface area contributed by atoms with Gasteiger partial charge in [-0.15, -0.1) is 0 Å². The molecule has 0 spiro atoms. The minimum absolute atomic E-state index is 0.143. The Morgan fingerprint density at radius 3 is 1.85 bits per heavy atom. The van der Waals surface area contributed by atoms with Crippen LogP contribution in [0.2, 0.25) is 0 Å². The van der Waals surface area contributed by atoms with Gasteiger partial charge in [-0.3, -0.25) is 10.6 Å². The molecule has 2 aromatic carbocycles. The molecule has 0 aliphatic carbocycles. The summed E-state index contributed by atoms with van der Waals surface area (Å²) in [5.74, 6) is 0.143. The van der Waals surface area contributed by atoms with Gasteiger partial charge in [-0.1, -0.05) is 38.6 Å². The number of fused-ring (bicyclic) bond motifs is 2. The maximum Gasteiger partial charge on any atom is 0.321 e. The van der Waals surface area contributed by atoms with Crippen molar-refractivity contribution < 1.29 is 14.7 Å². The van der Waals surface area contributed by atoms with Crippen LogP contribution < -0.4 is 21.3 Å². The molecule has 13 heteroatoms. The minimum Gasteiger partial charge on any atom is -0.505 e. The fraction of sp³-hybridized carbons (Fsp3) is 0.238. The molecule has 0 atom stereocenters. The number of halogens is 2. The summed E-state index contributed by atoms with van der Waals surface area (Å²) >= 11 is 9.42. The molecule has 2 heterocycles. The van der Waals surface area contributed by atoms with Crippen LogP contribution >= 0.6 is 54.5 Å². The number of aromatic hydroxyl groups is 1. The Kier molecular flexibility index (Phi) is 9.05. The topological polar surface area (TPSA) is 128 Å². The zero-order valence-corrected chi connectivity index (χ0v) is 23.3. The number of nitrogens with zero attached hydrogens (tertiary/aromatic N) is 2. The summed E-state index contributed by atoms with van der Waals surface area (Å²) in [5, 5.41) is 21.5. The second kappa shape index (κ2) is 11.8. The van der Waals surface area contributed by atoms with E-state index in [-0.39, 0.29) is 17.8 Å². The van der Waals surface area contributed by atoms with Crippen molar-refractivity contribution in [1.29, 1.82) is 0 Å². The fourth-order valence-corrected chi connectivity index (χ4v) is 5.56. The molecular weight excluding hydrogens is 608 g/mol. The summed E-state index contributed by atoms with van der Waals surface area (Å²) < 4.78 is 3.40. The first-order valence-corrected chi connectivity index (χ1v) is 13.4. The number of urea groups is 2. The quantitative estimate of drug-likeness (QED) is 0.178. The predicted octanol–water partition coefficient (Wildman–Crippen LogP) is 6.41. The lowest BCUT2D eigenvalue weighted by molar-refractivity contribution is 0.251. The summed E-state index contributed by atoms with van der Waals surface area (Å²) in [5.41, 5.74) is 2.70. The Bertz CT molecular complexity index is 1240. The molecule has 34 heavy (non-hydrogen) atoms. The zero-order valence-electron chi connectivity index (χ0n) is 18.5. The first kappa shape index (κ1) is 26.1. The van der Waals surface area contributed by atoms with Gasteiger partial charge >= 0.3 is 12.1 Å². The zero-order chi connectivity index (χ0) is 24.8. The molecule has 0 saturated heterocycles. The standard InChI is InChI=1S/C11H12BrN3OS.C10H10BrN3O2S/c1-3-13-10(16)15-11-14-8-5-4-7(12)6(2)9(8)17-11;1-2-12-9(16)14-10-13-6-4-3-5(11)7(15)8(6)17-10/h4-5H,3H2,1-2H3,(H2,13,14,15,16);3-4,15H,2H2,1H3,(H2,12,13,14,16). The van der Waals surface area contributed by atoms with Crippen molar-refractivity contribution in [3.05, 3.63) is 38.8 Å². The highest BCUT2D eigenvalue weighted by Gasteiger charge is 2.12. The lowest BCUT2D eigenvalue weighted by atomic mass is 10.2. The van der Waals surface area contributed by atoms with E-state index in [1.807, 2.05) is 32.9 Å². The van der Waals surface area contributed by atoms with Crippen LogP contribution in [0.3, 0.4) is 0 Å². The van der Waals surface area contributed by atoms with E-state index in [1.165, 1.54) is 22.7 Å². The molecule has 0 aliphatic rings. The first-order chi connectivity index (χ1) is 16.2. The second-order valence-corrected chi connectivity index (χ2v) is 10.5. The number of benzene rings is 2. The number of rotatable bonds is 4. The molecule has 0 fully saturated rings. The average Bonchev–Trinajstić information content (AvgIpc) is 3.38. The monoisotopic (exact) mass is 628 g/mol. The Labute approximate surface area is 220 Å². The van der Waals surface area contributed by atoms with Crippen molar-refractivity contribution in [1.82, 2.24) is 20.6 Å². The van der Waals surface area contributed by atoms with E-state index in [4.69, 9.17) is 0 Å². The van der Waals surface area contributed by atoms with Crippen LogP contribution in [0.1, 0.15) is 19.4 Å². The number of hydrogen-bond acceptors (Lipinski definition) is 7. The van der Waals surface area contributed by atoms with Crippen LogP contribution in [0.4, 0.5) is 19.9 Å². The van der Waals surface area contributed by atoms with Crippen molar-refractivity contribution in [2.45, 2.75) is 20.8 Å². The highest BCUT2D eigenvalue weighted by molar-refractivity contribution is 9.10. The molecule has 0 radical (unpaired) electrons. The van der Waals surface area contributed by atoms with Crippen LogP contribution in [-0.2, 0) is 0 Å². The first-order valence-electron chi connectivity index (χ1n) is 10.2. The normalized spacial score (nSPS) is 10.5. The van der Waals surface area contributed by atoms with Gasteiger partial charge in [0.15, 0.2) is 10.3 Å². The summed E-state index contributed by atoms with van der Waals surface area (Å²) in [6, 6.07) is 6.87. The van der Waals surface area contributed by atoms with E-state index >= 15 is 0 Å². The van der Waals surface area contributed by atoms with Crippen LogP contribution in [0.25, 0.3) is 20.4 Å². The second-order valence-electron chi connectivity index (χ2n) is 6.77. The molecular formula is C21H22Br2N6O3S2. The lowest BCUT2D eigenvalue weighted by Gasteiger charge is -2.00. The molecule has 4 aromatic rings. The summed E-state index contributed by atoms with van der Waals surface area (Å²) in [7, 11) is 0. The fourth-order valence-electron chi connectivity index (χ4n) is 2.76. The highest BCUT2D eigenvalue weighted by atomic mass is 79.9. The molecule has 0 unspecified atom stereocenters. The van der Waals surface area contributed by atoms with Crippen molar-refractivity contribution in [3.63, 3.8) is 0 Å². The van der Waals surface area contributed by atoms with Gasteiger partial charge in [0.2, 0.25) is 0 Å². The number of aromatic nitrogens is 2. The lowest BCUT2D eigenvalue weighted by Crippen LogP contribution is -2.28. The number of hydrogen-bond donors (Lipinski definition) is 5. The number of phenols is 1. The maximum atomic E-state index is 11.4. The maximum absolute atomic E-state index is 11.4. The van der Waals surface area contributed by atoms with Gasteiger partial charge in [0, 0.05) is 17.6 Å². The number of carbonyl (C=O) groups excluding carboxylic acids is 2. The SMILES string of the molecule is CCNC(=O)Nc1nc2ccc(Br)c(C)c2s1.CCNC(=O)Nc1nc2ccc(Br)c(O)c2s1. The minimum atomic E-state index is -0.301. The van der Waals surface area contributed by atoms with Crippen molar-refractivity contribution >= 4 is 97.3 Å². The smallest absolute Gasteiger partial charge is 0.321 e. The number of aryl methyl sites for hydroxylation is 1. The van der Waals surface area contributed by atoms with E-state index in [0.29, 0.717) is 38.0 Å². The van der Waals surface area contributed by atoms with Gasteiger partial charge in [-0.05, 0) is 66.5 Å². The number of amides is 4. The van der Waals surface area contributed by atoms with E-state index < -0.39 is 0 Å². The van der Waals surface area contributed by atoms with Crippen molar-refractivity contribution in [3.8, 4) is 5.75 Å². The third-order valence-corrected chi connectivity index (χ3v) is 7.94. The number of nitrogens with one attached hydrogen (secondary N) is 4. The molecule has 0 aliphatic heterocycles. The summed E-state index contributed by atoms with van der Waals surface area (Å²) in [6.07, 6.45) is 0. The number of thiazole rings is 2. The van der Waals surface area contributed by atoms with Gasteiger partial charge in [0.1, 0.15) is 5.75 Å². The Morgan fingerprint density at radius 2 is 1.32 bits per heavy atom. The number of phenolic OH excluding ortho intramolecular Hbond substituents is 1. The van der Waals surface area contributed by atoms with Gasteiger partial charge in [0.25, 0.3) is 0 Å². The Hall–Kier alpha value is -2.48. The molecule has 0 saturated carbocycles. The number of carbonyl (C=O) groups is 2. The third kappa shape index (κ3) is 6.34. The third-order valence-electron chi connectivity index (χ3n) is 4.34. The van der Waals surface area contributed by atoms with Crippen molar-refractivity contribution in [2.75, 3.05) is 23.7 Å². The van der Waals surface area contributed by atoms with Gasteiger partial charge in [-0.2, -0.15) is 0 Å². The molecule has 4 rings (SSSR count). The molecule has 180 valence electrons. The van der Waals surface area contributed by atoms with Crippen LogP contribution in [0.15, 0.2) is 33.2 Å². The van der Waals surface area contributed by atoms with E-state index in [9.17, 15) is 14.7 Å². The molecule has 9 nitrogen and oxygen atoms in total. The average molecular weight is 630 g/mol. The predicted molar refractivity (Wildman–Crippen MR) is 146 cm³/mol. The van der Waals surface area contributed by atoms with Crippen molar-refractivity contribution in [2.24, 2.45) is 0 Å². The Morgan fingerprint density at radius 1 is 0.853 bits per heavy atom. The molecule has 0 bridgehead atoms. The molecule has 5 N–H and O–H groups in total. The van der Waals surface area contributed by atoms with Gasteiger partial charge in [-0.25, -0.2) is 19.6 Å². The van der Waals surface area contributed by atoms with Gasteiger partial charge < -0.3 is 15.7 Å². The number of anilines is 2. The van der Waals surface area contributed by atoms with Crippen LogP contribution in [0.5, 0.6) is 5.75 Å².